The van der Waals surface area contributed by atoms with E-state index >= 15 is 0 Å². The topological polar surface area (TPSA) is 55.2 Å². The molecule has 4 atom stereocenters. The molecule has 0 amide bonds. The van der Waals surface area contributed by atoms with Gasteiger partial charge in [-0.25, -0.2) is 0 Å². The van der Waals surface area contributed by atoms with Gasteiger partial charge in [0.2, 0.25) is 0 Å². The lowest BCUT2D eigenvalue weighted by molar-refractivity contribution is -0.384. The number of benzene rings is 1. The SMILES string of the molecule is O=[N+]([O-])c1ccc2c(c1)C1C=CCC1C(C1CC=CCC1)N2. The van der Waals surface area contributed by atoms with Crippen molar-refractivity contribution in [3.8, 4) is 0 Å². The molecule has 4 rings (SSSR count). The van der Waals surface area contributed by atoms with Crippen LogP contribution in [0, 0.1) is 22.0 Å². The molecule has 0 radical (unpaired) electrons. The van der Waals surface area contributed by atoms with Crippen molar-refractivity contribution >= 4 is 11.4 Å². The summed E-state index contributed by atoms with van der Waals surface area (Å²) in [5.74, 6) is 1.53. The van der Waals surface area contributed by atoms with E-state index in [1.54, 1.807) is 12.1 Å². The number of nitrogens with one attached hydrogen (secondary N) is 1. The van der Waals surface area contributed by atoms with E-state index in [1.165, 1.54) is 12.8 Å². The van der Waals surface area contributed by atoms with E-state index in [1.807, 2.05) is 6.07 Å². The first-order valence-electron chi connectivity index (χ1n) is 8.10. The van der Waals surface area contributed by atoms with E-state index in [9.17, 15) is 10.1 Å². The summed E-state index contributed by atoms with van der Waals surface area (Å²) in [6.07, 6.45) is 13.7. The van der Waals surface area contributed by atoms with Crippen molar-refractivity contribution in [1.82, 2.24) is 0 Å². The Morgan fingerprint density at radius 1 is 1.18 bits per heavy atom. The molecule has 0 aromatic heterocycles. The van der Waals surface area contributed by atoms with Crippen molar-refractivity contribution in [3.63, 3.8) is 0 Å². The number of nitro benzene ring substituents is 1. The van der Waals surface area contributed by atoms with Crippen molar-refractivity contribution in [1.29, 1.82) is 0 Å². The number of nitrogens with zero attached hydrogens (tertiary/aromatic N) is 1. The van der Waals surface area contributed by atoms with Gasteiger partial charge in [0, 0.05) is 29.8 Å². The maximum absolute atomic E-state index is 11.1. The van der Waals surface area contributed by atoms with Crippen molar-refractivity contribution in [2.24, 2.45) is 11.8 Å². The van der Waals surface area contributed by atoms with Crippen molar-refractivity contribution < 1.29 is 4.92 Å². The molecule has 114 valence electrons. The number of rotatable bonds is 2. The van der Waals surface area contributed by atoms with Gasteiger partial charge in [-0.05, 0) is 49.1 Å². The van der Waals surface area contributed by atoms with Gasteiger partial charge in [0.15, 0.2) is 0 Å². The monoisotopic (exact) mass is 296 g/mol. The van der Waals surface area contributed by atoms with Gasteiger partial charge in [-0.3, -0.25) is 10.1 Å². The number of hydrogen-bond donors (Lipinski definition) is 1. The molecule has 0 saturated heterocycles. The highest BCUT2D eigenvalue weighted by Crippen LogP contribution is 2.48. The Bertz CT molecular complexity index is 665. The molecule has 0 spiro atoms. The molecule has 4 unspecified atom stereocenters. The highest BCUT2D eigenvalue weighted by molar-refractivity contribution is 5.62. The third-order valence-corrected chi connectivity index (χ3v) is 5.42. The summed E-state index contributed by atoms with van der Waals surface area (Å²) >= 11 is 0. The van der Waals surface area contributed by atoms with Crippen LogP contribution in [-0.2, 0) is 0 Å². The molecule has 4 heteroatoms. The molecule has 4 nitrogen and oxygen atoms in total. The van der Waals surface area contributed by atoms with Gasteiger partial charge < -0.3 is 5.32 Å². The average molecular weight is 296 g/mol. The molecule has 1 aromatic carbocycles. The highest BCUT2D eigenvalue weighted by Gasteiger charge is 2.40. The largest absolute Gasteiger partial charge is 0.381 e. The summed E-state index contributed by atoms with van der Waals surface area (Å²) in [6.45, 7) is 0. The minimum absolute atomic E-state index is 0.193. The van der Waals surface area contributed by atoms with Crippen LogP contribution in [0.5, 0.6) is 0 Å². The van der Waals surface area contributed by atoms with Crippen LogP contribution in [0.3, 0.4) is 0 Å². The van der Waals surface area contributed by atoms with Crippen LogP contribution in [0.25, 0.3) is 0 Å². The second-order valence-corrected chi connectivity index (χ2v) is 6.60. The minimum atomic E-state index is -0.300. The zero-order valence-corrected chi connectivity index (χ0v) is 12.4. The van der Waals surface area contributed by atoms with E-state index in [4.69, 9.17) is 0 Å². The molecule has 2 aliphatic carbocycles. The second kappa shape index (κ2) is 5.27. The smallest absolute Gasteiger partial charge is 0.269 e. The summed E-state index contributed by atoms with van der Waals surface area (Å²) in [5, 5.41) is 14.8. The molecule has 1 aliphatic heterocycles. The summed E-state index contributed by atoms with van der Waals surface area (Å²) in [6, 6.07) is 5.73. The fourth-order valence-electron chi connectivity index (χ4n) is 4.34. The third-order valence-electron chi connectivity index (χ3n) is 5.42. The van der Waals surface area contributed by atoms with E-state index in [0.29, 0.717) is 23.8 Å². The van der Waals surface area contributed by atoms with Gasteiger partial charge in [-0.1, -0.05) is 24.3 Å². The fourth-order valence-corrected chi connectivity index (χ4v) is 4.34. The fraction of sp³-hybridized carbons (Fsp3) is 0.444. The first-order chi connectivity index (χ1) is 10.7. The van der Waals surface area contributed by atoms with Gasteiger partial charge in [0.05, 0.1) is 4.92 Å². The molecule has 1 aromatic rings. The summed E-state index contributed by atoms with van der Waals surface area (Å²) < 4.78 is 0. The van der Waals surface area contributed by atoms with Gasteiger partial charge in [-0.15, -0.1) is 0 Å². The molecular formula is C18H20N2O2. The van der Waals surface area contributed by atoms with Crippen molar-refractivity contribution in [2.45, 2.75) is 37.6 Å². The molecule has 22 heavy (non-hydrogen) atoms. The Morgan fingerprint density at radius 2 is 2.09 bits per heavy atom. The van der Waals surface area contributed by atoms with E-state index < -0.39 is 0 Å². The number of non-ortho nitro benzene ring substituents is 1. The number of anilines is 1. The Kier molecular flexibility index (Phi) is 3.25. The highest BCUT2D eigenvalue weighted by atomic mass is 16.6. The Balaban J connectivity index is 1.70. The molecular weight excluding hydrogens is 276 g/mol. The van der Waals surface area contributed by atoms with Crippen molar-refractivity contribution in [2.75, 3.05) is 5.32 Å². The van der Waals surface area contributed by atoms with Gasteiger partial charge in [0.1, 0.15) is 0 Å². The van der Waals surface area contributed by atoms with Crippen LogP contribution in [0.1, 0.15) is 37.2 Å². The molecule has 0 bridgehead atoms. The van der Waals surface area contributed by atoms with E-state index in [2.05, 4.69) is 29.6 Å². The molecule has 1 heterocycles. The average Bonchev–Trinajstić information content (AvgIpc) is 3.04. The first kappa shape index (κ1) is 13.6. The Hall–Kier alpha value is -2.10. The predicted octanol–water partition coefficient (Wildman–Crippen LogP) is 4.40. The lowest BCUT2D eigenvalue weighted by Gasteiger charge is -2.41. The summed E-state index contributed by atoms with van der Waals surface area (Å²) in [4.78, 5) is 10.8. The zero-order valence-electron chi connectivity index (χ0n) is 12.4. The maximum Gasteiger partial charge on any atom is 0.269 e. The van der Waals surface area contributed by atoms with Crippen LogP contribution in [0.2, 0.25) is 0 Å². The second-order valence-electron chi connectivity index (χ2n) is 6.60. The van der Waals surface area contributed by atoms with Crippen LogP contribution < -0.4 is 5.32 Å². The summed E-state index contributed by atoms with van der Waals surface area (Å²) in [5.41, 5.74) is 2.37. The van der Waals surface area contributed by atoms with Crippen LogP contribution in [0.4, 0.5) is 11.4 Å². The van der Waals surface area contributed by atoms with Crippen LogP contribution in [-0.4, -0.2) is 11.0 Å². The van der Waals surface area contributed by atoms with E-state index in [0.717, 1.165) is 24.1 Å². The number of nitro groups is 1. The van der Waals surface area contributed by atoms with Gasteiger partial charge in [0.25, 0.3) is 5.69 Å². The lowest BCUT2D eigenvalue weighted by atomic mass is 9.72. The summed E-state index contributed by atoms with van der Waals surface area (Å²) in [7, 11) is 0. The number of fused-ring (bicyclic) bond motifs is 3. The number of hydrogen-bond acceptors (Lipinski definition) is 3. The van der Waals surface area contributed by atoms with Crippen LogP contribution >= 0.6 is 0 Å². The van der Waals surface area contributed by atoms with Gasteiger partial charge >= 0.3 is 0 Å². The normalized spacial score (nSPS) is 32.2. The van der Waals surface area contributed by atoms with Crippen molar-refractivity contribution in [3.05, 3.63) is 58.2 Å². The first-order valence-corrected chi connectivity index (χ1v) is 8.10. The quantitative estimate of drug-likeness (QED) is 0.500. The molecule has 1 N–H and O–H groups in total. The molecule has 3 aliphatic rings. The minimum Gasteiger partial charge on any atom is -0.381 e. The van der Waals surface area contributed by atoms with Gasteiger partial charge in [-0.2, -0.15) is 0 Å². The number of allylic oxidation sites excluding steroid dienone is 4. The zero-order chi connectivity index (χ0) is 15.1. The maximum atomic E-state index is 11.1. The third kappa shape index (κ3) is 2.14. The lowest BCUT2D eigenvalue weighted by Crippen LogP contribution is -2.41. The Morgan fingerprint density at radius 3 is 2.86 bits per heavy atom. The Labute approximate surface area is 130 Å². The predicted molar refractivity (Wildman–Crippen MR) is 87.0 cm³/mol. The molecule has 0 fully saturated rings. The standard InChI is InChI=1S/C18H20N2O2/c21-20(22)13-9-10-17-16(11-13)14-7-4-8-15(14)18(19-17)12-5-2-1-3-6-12/h1-2,4,7,9-12,14-15,18-19H,3,5-6,8H2. The van der Waals surface area contributed by atoms with Crippen LogP contribution in [0.15, 0.2) is 42.5 Å². The molecule has 0 saturated carbocycles. The van der Waals surface area contributed by atoms with E-state index in [-0.39, 0.29) is 10.6 Å².